The number of hydrogen-bond donors (Lipinski definition) is 2. The van der Waals surface area contributed by atoms with Gasteiger partial charge in [0.05, 0.1) is 12.2 Å². The fourth-order valence-corrected chi connectivity index (χ4v) is 8.31. The van der Waals surface area contributed by atoms with Gasteiger partial charge in [0.25, 0.3) is 5.91 Å². The van der Waals surface area contributed by atoms with Gasteiger partial charge in [-0.05, 0) is 98.5 Å². The van der Waals surface area contributed by atoms with Crippen molar-refractivity contribution in [2.24, 2.45) is 29.6 Å². The van der Waals surface area contributed by atoms with Crippen LogP contribution in [0.2, 0.25) is 0 Å². The van der Waals surface area contributed by atoms with Gasteiger partial charge in [-0.3, -0.25) is 9.52 Å². The number of benzene rings is 1. The summed E-state index contributed by atoms with van der Waals surface area (Å²) in [7, 11) is -3.42. The van der Waals surface area contributed by atoms with Gasteiger partial charge < -0.3 is 4.74 Å². The van der Waals surface area contributed by atoms with Gasteiger partial charge in [-0.2, -0.15) is 0 Å². The summed E-state index contributed by atoms with van der Waals surface area (Å²) in [5, 5.41) is 0. The molecule has 4 aliphatic carbocycles. The molecule has 33 heavy (non-hydrogen) atoms. The Bertz CT molecular complexity index is 1050. The number of ether oxygens (including phenoxy) is 1. The minimum absolute atomic E-state index is 0.143. The van der Waals surface area contributed by atoms with E-state index in [0.717, 1.165) is 48.5 Å². The molecule has 5 aliphatic rings. The van der Waals surface area contributed by atoms with E-state index in [1.165, 1.54) is 48.9 Å². The van der Waals surface area contributed by atoms with Crippen LogP contribution in [0.3, 0.4) is 0 Å². The summed E-state index contributed by atoms with van der Waals surface area (Å²) in [6.07, 6.45) is 10.9. The number of hydrogen-bond acceptors (Lipinski definition) is 4. The molecule has 8 heteroatoms. The van der Waals surface area contributed by atoms with Crippen molar-refractivity contribution >= 4 is 16.0 Å². The van der Waals surface area contributed by atoms with Gasteiger partial charge in [0.15, 0.2) is 10.1 Å². The number of nitrogens with zero attached hydrogens (tertiary/aromatic N) is 1. The summed E-state index contributed by atoms with van der Waals surface area (Å²) in [6, 6.07) is 2.92. The second kappa shape index (κ2) is 8.22. The average molecular weight is 476 g/mol. The lowest BCUT2D eigenvalue weighted by molar-refractivity contribution is -0.0261. The maximum atomic E-state index is 15.0. The molecule has 4 saturated carbocycles. The lowest BCUT2D eigenvalue weighted by Gasteiger charge is -2.52. The van der Waals surface area contributed by atoms with Crippen molar-refractivity contribution in [3.8, 4) is 5.75 Å². The van der Waals surface area contributed by atoms with Crippen molar-refractivity contribution in [1.82, 2.24) is 9.03 Å². The highest BCUT2D eigenvalue weighted by atomic mass is 32.2. The number of carbonyl (C=O) groups is 1. The summed E-state index contributed by atoms with van der Waals surface area (Å²) >= 11 is 0. The van der Waals surface area contributed by atoms with Crippen LogP contribution in [0.4, 0.5) is 4.39 Å². The number of rotatable bonds is 7. The average Bonchev–Trinajstić information content (AvgIpc) is 3.53. The van der Waals surface area contributed by atoms with Crippen molar-refractivity contribution in [1.29, 1.82) is 4.78 Å². The predicted octanol–water partition coefficient (Wildman–Crippen LogP) is 4.86. The first-order chi connectivity index (χ1) is 15.9. The predicted molar refractivity (Wildman–Crippen MR) is 124 cm³/mol. The normalized spacial score (nSPS) is 34.9. The molecule has 1 aromatic rings. The van der Waals surface area contributed by atoms with Crippen LogP contribution in [0.5, 0.6) is 5.75 Å². The third-order valence-electron chi connectivity index (χ3n) is 8.92. The lowest BCUT2D eigenvalue weighted by Crippen LogP contribution is -2.49. The van der Waals surface area contributed by atoms with E-state index in [4.69, 9.17) is 9.52 Å². The monoisotopic (exact) mass is 475 g/mol. The number of halogens is 1. The molecule has 1 aromatic carbocycles. The highest BCUT2D eigenvalue weighted by molar-refractivity contribution is 7.88. The van der Waals surface area contributed by atoms with E-state index in [1.54, 1.807) is 6.07 Å². The molecule has 0 aromatic heterocycles. The van der Waals surface area contributed by atoms with E-state index < -0.39 is 21.8 Å². The van der Waals surface area contributed by atoms with Crippen LogP contribution in [0.1, 0.15) is 79.6 Å². The molecular formula is C25H34FN3O3S. The maximum Gasteiger partial charge on any atom is 0.267 e. The topological polar surface area (TPSA) is 82.5 Å². The van der Waals surface area contributed by atoms with Gasteiger partial charge in [0.2, 0.25) is 0 Å². The van der Waals surface area contributed by atoms with Crippen LogP contribution < -0.4 is 9.46 Å². The van der Waals surface area contributed by atoms with E-state index in [-0.39, 0.29) is 11.5 Å². The molecule has 3 bridgehead atoms. The van der Waals surface area contributed by atoms with E-state index in [0.29, 0.717) is 31.4 Å². The zero-order valence-electron chi connectivity index (χ0n) is 19.1. The lowest BCUT2D eigenvalue weighted by atomic mass is 9.54. The quantitative estimate of drug-likeness (QED) is 0.591. The molecule has 1 heterocycles. The largest absolute Gasteiger partial charge is 0.493 e. The van der Waals surface area contributed by atoms with Crippen molar-refractivity contribution in [2.45, 2.75) is 63.7 Å². The fourth-order valence-electron chi connectivity index (χ4n) is 7.04. The molecule has 6 atom stereocenters. The molecule has 1 saturated heterocycles. The molecule has 1 aliphatic heterocycles. The highest BCUT2D eigenvalue weighted by Gasteiger charge is 2.45. The standard InChI is InChI=1S/C25H34FN3O3S/c26-23-13-24(32-14-19-11-16-8-15-2-5-20(19)18(9-15)10-16)21(17-3-4-17)12-22(23)25(30)28-33(27,31)29-6-1-7-29/h12-13,15-20H,1-11,14H2,(H2,27,28,30,31). The Hall–Kier alpha value is -1.67. The summed E-state index contributed by atoms with van der Waals surface area (Å²) in [4.78, 5) is 12.7. The molecule has 5 fully saturated rings. The number of fused-ring (bicyclic) bond motifs is 2. The minimum Gasteiger partial charge on any atom is -0.493 e. The van der Waals surface area contributed by atoms with Crippen molar-refractivity contribution in [3.05, 3.63) is 29.1 Å². The molecule has 180 valence electrons. The minimum atomic E-state index is -3.42. The van der Waals surface area contributed by atoms with E-state index in [9.17, 15) is 9.00 Å². The second-order valence-corrected chi connectivity index (χ2v) is 12.9. The maximum absolute atomic E-state index is 15.0. The summed E-state index contributed by atoms with van der Waals surface area (Å²) < 4.78 is 45.5. The van der Waals surface area contributed by atoms with E-state index >= 15 is 4.39 Å². The molecule has 6 unspecified atom stereocenters. The van der Waals surface area contributed by atoms with E-state index in [1.807, 2.05) is 0 Å². The van der Waals surface area contributed by atoms with Crippen molar-refractivity contribution in [2.75, 3.05) is 19.7 Å². The Morgan fingerprint density at radius 2 is 1.91 bits per heavy atom. The first-order valence-corrected chi connectivity index (χ1v) is 14.2. The van der Waals surface area contributed by atoms with Crippen LogP contribution in [0.15, 0.2) is 12.1 Å². The summed E-state index contributed by atoms with van der Waals surface area (Å²) in [5.41, 5.74) is 0.733. The van der Waals surface area contributed by atoms with Crippen LogP contribution in [0.25, 0.3) is 0 Å². The molecular weight excluding hydrogens is 441 g/mol. The Morgan fingerprint density at radius 3 is 2.64 bits per heavy atom. The van der Waals surface area contributed by atoms with E-state index in [2.05, 4.69) is 4.72 Å². The molecule has 0 spiro atoms. The third kappa shape index (κ3) is 4.18. The fraction of sp³-hybridized carbons (Fsp3) is 0.720. The van der Waals surface area contributed by atoms with Crippen LogP contribution in [-0.4, -0.2) is 34.1 Å². The van der Waals surface area contributed by atoms with Gasteiger partial charge in [-0.15, -0.1) is 0 Å². The van der Waals surface area contributed by atoms with Gasteiger partial charge in [0, 0.05) is 19.2 Å². The zero-order chi connectivity index (χ0) is 22.7. The van der Waals surface area contributed by atoms with Crippen LogP contribution in [0, 0.1) is 40.2 Å². The van der Waals surface area contributed by atoms with Crippen LogP contribution in [-0.2, 0) is 10.1 Å². The molecule has 0 radical (unpaired) electrons. The smallest absolute Gasteiger partial charge is 0.267 e. The van der Waals surface area contributed by atoms with Gasteiger partial charge >= 0.3 is 0 Å². The first-order valence-electron chi connectivity index (χ1n) is 12.7. The van der Waals surface area contributed by atoms with Gasteiger partial charge in [-0.1, -0.05) is 6.42 Å². The molecule has 1 amide bonds. The molecule has 6 rings (SSSR count). The first kappa shape index (κ1) is 21.8. The van der Waals surface area contributed by atoms with Gasteiger partial charge in [0.1, 0.15) is 11.6 Å². The second-order valence-electron chi connectivity index (χ2n) is 11.1. The summed E-state index contributed by atoms with van der Waals surface area (Å²) in [6.45, 7) is 1.65. The van der Waals surface area contributed by atoms with Crippen molar-refractivity contribution < 1.29 is 18.1 Å². The van der Waals surface area contributed by atoms with Gasteiger partial charge in [-0.25, -0.2) is 17.7 Å². The number of nitrogens with one attached hydrogen (secondary N) is 2. The Morgan fingerprint density at radius 1 is 1.12 bits per heavy atom. The number of amides is 1. The zero-order valence-corrected chi connectivity index (χ0v) is 19.9. The number of carbonyl (C=O) groups excluding carboxylic acids is 1. The van der Waals surface area contributed by atoms with Crippen LogP contribution >= 0.6 is 0 Å². The highest BCUT2D eigenvalue weighted by Crippen LogP contribution is 2.54. The Labute approximate surface area is 195 Å². The third-order valence-corrected chi connectivity index (χ3v) is 10.5. The molecule has 6 nitrogen and oxygen atoms in total. The Balaban J connectivity index is 1.19. The van der Waals surface area contributed by atoms with Crippen molar-refractivity contribution in [3.63, 3.8) is 0 Å². The Kier molecular flexibility index (Phi) is 5.44. The summed E-state index contributed by atoms with van der Waals surface area (Å²) in [5.74, 6) is 3.28. The molecule has 2 N–H and O–H groups in total. The SMILES string of the molecule is N=S(=O)(NC(=O)c1cc(C2CC2)c(OCC2CC3CC4CCC2C(C4)C3)cc1F)N1CCC1.